The highest BCUT2D eigenvalue weighted by Gasteiger charge is 2.15. The topological polar surface area (TPSA) is 56.3 Å². The molecule has 1 aromatic carbocycles. The van der Waals surface area contributed by atoms with Crippen molar-refractivity contribution < 1.29 is 5.11 Å². The molecule has 2 aromatic rings. The molecule has 0 saturated carbocycles. The first-order valence-corrected chi connectivity index (χ1v) is 8.22. The highest BCUT2D eigenvalue weighted by Crippen LogP contribution is 2.25. The van der Waals surface area contributed by atoms with Crippen molar-refractivity contribution in [3.05, 3.63) is 40.2 Å². The molecule has 0 aliphatic heterocycles. The maximum atomic E-state index is 12.3. The monoisotopic (exact) mass is 302 g/mol. The second-order valence-corrected chi connectivity index (χ2v) is 5.81. The third kappa shape index (κ3) is 3.89. The van der Waals surface area contributed by atoms with Gasteiger partial charge in [-0.05, 0) is 38.1 Å². The average molecular weight is 302 g/mol. The molecular formula is C18H26N2O2. The van der Waals surface area contributed by atoms with Gasteiger partial charge in [-0.2, -0.15) is 0 Å². The molecule has 4 heteroatoms. The zero-order valence-electron chi connectivity index (χ0n) is 13.6. The van der Waals surface area contributed by atoms with Crippen molar-refractivity contribution in [3.8, 4) is 5.75 Å². The van der Waals surface area contributed by atoms with Crippen molar-refractivity contribution in [2.75, 3.05) is 13.1 Å². The number of fused-ring (bicyclic) bond motifs is 1. The second kappa shape index (κ2) is 7.99. The van der Waals surface area contributed by atoms with Gasteiger partial charge < -0.3 is 10.1 Å². The van der Waals surface area contributed by atoms with Crippen molar-refractivity contribution in [1.29, 1.82) is 0 Å². The van der Waals surface area contributed by atoms with Gasteiger partial charge in [-0.3, -0.25) is 9.69 Å². The number of pyridine rings is 1. The summed E-state index contributed by atoms with van der Waals surface area (Å²) in [6, 6.07) is 7.38. The van der Waals surface area contributed by atoms with E-state index in [0.29, 0.717) is 23.0 Å². The van der Waals surface area contributed by atoms with Gasteiger partial charge in [0, 0.05) is 11.9 Å². The first kappa shape index (κ1) is 16.6. The summed E-state index contributed by atoms with van der Waals surface area (Å²) in [5.74, 6) is 0.123. The van der Waals surface area contributed by atoms with Crippen molar-refractivity contribution >= 4 is 10.9 Å². The van der Waals surface area contributed by atoms with E-state index in [2.05, 4.69) is 23.7 Å². The van der Waals surface area contributed by atoms with E-state index in [-0.39, 0.29) is 11.3 Å². The molecule has 0 aliphatic carbocycles. The van der Waals surface area contributed by atoms with Gasteiger partial charge in [-0.25, -0.2) is 0 Å². The van der Waals surface area contributed by atoms with Crippen LogP contribution in [0.4, 0.5) is 0 Å². The second-order valence-electron chi connectivity index (χ2n) is 5.81. The summed E-state index contributed by atoms with van der Waals surface area (Å²) in [4.78, 5) is 17.4. The molecule has 2 N–H and O–H groups in total. The number of aromatic amines is 1. The zero-order valence-corrected chi connectivity index (χ0v) is 13.6. The fourth-order valence-electron chi connectivity index (χ4n) is 2.67. The van der Waals surface area contributed by atoms with Crippen LogP contribution in [0.2, 0.25) is 0 Å². The molecule has 0 amide bonds. The molecule has 0 saturated heterocycles. The Morgan fingerprint density at radius 1 is 1.09 bits per heavy atom. The summed E-state index contributed by atoms with van der Waals surface area (Å²) in [6.45, 7) is 6.76. The lowest BCUT2D eigenvalue weighted by atomic mass is 10.1. The number of nitrogens with zero attached hydrogens (tertiary/aromatic N) is 1. The van der Waals surface area contributed by atoms with Gasteiger partial charge in [0.05, 0.1) is 11.1 Å². The minimum absolute atomic E-state index is 0.123. The smallest absolute Gasteiger partial charge is 0.256 e. The Bertz CT molecular complexity index is 656. The van der Waals surface area contributed by atoms with Crippen LogP contribution in [0, 0.1) is 0 Å². The molecule has 0 aliphatic rings. The Kier molecular flexibility index (Phi) is 6.01. The molecule has 0 spiro atoms. The van der Waals surface area contributed by atoms with Gasteiger partial charge in [0.2, 0.25) is 0 Å². The summed E-state index contributed by atoms with van der Waals surface area (Å²) in [7, 11) is 0. The summed E-state index contributed by atoms with van der Waals surface area (Å²) < 4.78 is 0. The van der Waals surface area contributed by atoms with Gasteiger partial charge in [0.15, 0.2) is 0 Å². The Labute approximate surface area is 131 Å². The summed E-state index contributed by atoms with van der Waals surface area (Å²) in [6.07, 6.45) is 4.47. The number of unbranched alkanes of at least 4 members (excludes halogenated alkanes) is 2. The van der Waals surface area contributed by atoms with Crippen LogP contribution >= 0.6 is 0 Å². The minimum atomic E-state index is -0.186. The fraction of sp³-hybridized carbons (Fsp3) is 0.500. The van der Waals surface area contributed by atoms with Gasteiger partial charge in [0.1, 0.15) is 5.75 Å². The van der Waals surface area contributed by atoms with E-state index in [1.165, 1.54) is 0 Å². The van der Waals surface area contributed by atoms with E-state index in [1.807, 2.05) is 24.3 Å². The molecular weight excluding hydrogens is 276 g/mol. The average Bonchev–Trinajstić information content (AvgIpc) is 2.53. The third-order valence-corrected chi connectivity index (χ3v) is 4.03. The molecule has 0 atom stereocenters. The lowest BCUT2D eigenvalue weighted by molar-refractivity contribution is 0.253. The molecule has 0 unspecified atom stereocenters. The highest BCUT2D eigenvalue weighted by atomic mass is 16.3. The van der Waals surface area contributed by atoms with E-state index in [0.717, 1.165) is 38.8 Å². The Morgan fingerprint density at radius 3 is 2.36 bits per heavy atom. The quantitative estimate of drug-likeness (QED) is 0.783. The third-order valence-electron chi connectivity index (χ3n) is 4.03. The van der Waals surface area contributed by atoms with E-state index in [9.17, 15) is 9.90 Å². The number of hydrogen-bond donors (Lipinski definition) is 2. The van der Waals surface area contributed by atoms with Crippen molar-refractivity contribution in [1.82, 2.24) is 9.88 Å². The van der Waals surface area contributed by atoms with E-state index in [4.69, 9.17) is 0 Å². The number of rotatable bonds is 8. The predicted molar refractivity (Wildman–Crippen MR) is 91.3 cm³/mol. The minimum Gasteiger partial charge on any atom is -0.507 e. The fourth-order valence-corrected chi connectivity index (χ4v) is 2.67. The van der Waals surface area contributed by atoms with Crippen molar-refractivity contribution in [3.63, 3.8) is 0 Å². The van der Waals surface area contributed by atoms with Crippen LogP contribution in [0.25, 0.3) is 10.9 Å². The number of H-pyrrole nitrogens is 1. The summed E-state index contributed by atoms with van der Waals surface area (Å²) >= 11 is 0. The molecule has 0 fully saturated rings. The lowest BCUT2D eigenvalue weighted by Gasteiger charge is -2.22. The molecule has 0 bridgehead atoms. The lowest BCUT2D eigenvalue weighted by Crippen LogP contribution is -2.29. The molecule has 22 heavy (non-hydrogen) atoms. The number of hydrogen-bond acceptors (Lipinski definition) is 3. The SMILES string of the molecule is CCCCN(CCCC)Cc1c(O)c2ccccc2[nH]c1=O. The number of nitrogens with one attached hydrogen (secondary N) is 1. The van der Waals surface area contributed by atoms with Crippen LogP contribution in [0.5, 0.6) is 5.75 Å². The van der Waals surface area contributed by atoms with Crippen LogP contribution in [0.3, 0.4) is 0 Å². The molecule has 0 radical (unpaired) electrons. The van der Waals surface area contributed by atoms with Crippen LogP contribution in [-0.4, -0.2) is 28.1 Å². The van der Waals surface area contributed by atoms with Gasteiger partial charge in [-0.15, -0.1) is 0 Å². The van der Waals surface area contributed by atoms with Gasteiger partial charge >= 0.3 is 0 Å². The maximum absolute atomic E-state index is 12.3. The first-order valence-electron chi connectivity index (χ1n) is 8.22. The van der Waals surface area contributed by atoms with E-state index in [1.54, 1.807) is 0 Å². The van der Waals surface area contributed by atoms with Gasteiger partial charge in [0.25, 0.3) is 5.56 Å². The van der Waals surface area contributed by atoms with Crippen LogP contribution in [0.1, 0.15) is 45.1 Å². The molecule has 2 rings (SSSR count). The van der Waals surface area contributed by atoms with E-state index < -0.39 is 0 Å². The molecule has 1 aromatic heterocycles. The number of aromatic nitrogens is 1. The zero-order chi connectivity index (χ0) is 15.9. The van der Waals surface area contributed by atoms with Crippen LogP contribution < -0.4 is 5.56 Å². The van der Waals surface area contributed by atoms with Crippen molar-refractivity contribution in [2.45, 2.75) is 46.1 Å². The Balaban J connectivity index is 2.29. The highest BCUT2D eigenvalue weighted by molar-refractivity contribution is 5.85. The van der Waals surface area contributed by atoms with Crippen LogP contribution in [0.15, 0.2) is 29.1 Å². The number of benzene rings is 1. The summed E-state index contributed by atoms with van der Waals surface area (Å²) in [5, 5.41) is 11.2. The van der Waals surface area contributed by atoms with Crippen LogP contribution in [-0.2, 0) is 6.54 Å². The standard InChI is InChI=1S/C18H26N2O2/c1-3-5-11-20(12-6-4-2)13-15-17(21)14-9-7-8-10-16(14)19-18(15)22/h7-10H,3-6,11-13H2,1-2H3,(H2,19,21,22). The first-order chi connectivity index (χ1) is 10.7. The maximum Gasteiger partial charge on any atom is 0.256 e. The normalized spacial score (nSPS) is 11.4. The van der Waals surface area contributed by atoms with E-state index >= 15 is 0 Å². The Morgan fingerprint density at radius 2 is 1.73 bits per heavy atom. The molecule has 120 valence electrons. The number of aromatic hydroxyl groups is 1. The summed E-state index contributed by atoms with van der Waals surface area (Å²) in [5.41, 5.74) is 0.975. The molecule has 4 nitrogen and oxygen atoms in total. The molecule has 1 heterocycles. The Hall–Kier alpha value is -1.81. The largest absolute Gasteiger partial charge is 0.507 e. The van der Waals surface area contributed by atoms with Crippen molar-refractivity contribution in [2.24, 2.45) is 0 Å². The predicted octanol–water partition coefficient (Wildman–Crippen LogP) is 3.64. The van der Waals surface area contributed by atoms with Gasteiger partial charge in [-0.1, -0.05) is 38.8 Å². The number of para-hydroxylation sites is 1.